The average molecular weight is 274 g/mol. The fourth-order valence-electron chi connectivity index (χ4n) is 1.22. The van der Waals surface area contributed by atoms with Gasteiger partial charge in [-0.05, 0) is 23.7 Å². The lowest BCUT2D eigenvalue weighted by atomic mass is 10.5. The maximum atomic E-state index is 5.70. The van der Waals surface area contributed by atoms with Gasteiger partial charge in [-0.2, -0.15) is 0 Å². The summed E-state index contributed by atoms with van der Waals surface area (Å²) in [6.07, 6.45) is 0. The lowest BCUT2D eigenvalue weighted by molar-refractivity contribution is 0.199. The largest absolute Gasteiger partial charge is 0.442 e. The van der Waals surface area contributed by atoms with Gasteiger partial charge in [0, 0.05) is 20.2 Å². The van der Waals surface area contributed by atoms with Crippen molar-refractivity contribution in [2.24, 2.45) is 0 Å². The number of rotatable bonds is 6. The summed E-state index contributed by atoms with van der Waals surface area (Å²) in [5.41, 5.74) is 0. The van der Waals surface area contributed by atoms with Crippen LogP contribution in [0.1, 0.15) is 5.01 Å². The zero-order chi connectivity index (χ0) is 12.1. The first-order valence-corrected chi connectivity index (χ1v) is 6.27. The second kappa shape index (κ2) is 6.11. The molecule has 92 valence electrons. The molecule has 0 unspecified atom stereocenters. The standard InChI is InChI=1S/C10H12ClN3O2S/c1-15-5-4-12-6-9-13-14-10(17-9)7-2-3-8(11)16-7/h2-3,12H,4-6H2,1H3. The molecule has 2 heterocycles. The van der Waals surface area contributed by atoms with Gasteiger partial charge in [0.05, 0.1) is 6.61 Å². The summed E-state index contributed by atoms with van der Waals surface area (Å²) in [5.74, 6) is 0.649. The van der Waals surface area contributed by atoms with Crippen molar-refractivity contribution in [2.75, 3.05) is 20.3 Å². The van der Waals surface area contributed by atoms with Crippen LogP contribution in [-0.2, 0) is 11.3 Å². The Hall–Kier alpha value is -0.950. The number of nitrogens with zero attached hydrogens (tertiary/aromatic N) is 2. The number of ether oxygens (including phenoxy) is 1. The number of furan rings is 1. The van der Waals surface area contributed by atoms with Crippen LogP contribution in [0.25, 0.3) is 10.8 Å². The van der Waals surface area contributed by atoms with Gasteiger partial charge in [-0.1, -0.05) is 11.3 Å². The Morgan fingerprint density at radius 2 is 2.35 bits per heavy atom. The smallest absolute Gasteiger partial charge is 0.194 e. The highest BCUT2D eigenvalue weighted by Crippen LogP contribution is 2.27. The first kappa shape index (κ1) is 12.5. The molecule has 0 spiro atoms. The molecule has 0 aromatic carbocycles. The second-order valence-corrected chi connectivity index (χ2v) is 4.71. The van der Waals surface area contributed by atoms with Crippen molar-refractivity contribution in [1.29, 1.82) is 0 Å². The van der Waals surface area contributed by atoms with Crippen LogP contribution < -0.4 is 5.32 Å². The van der Waals surface area contributed by atoms with Gasteiger partial charge < -0.3 is 14.5 Å². The lowest BCUT2D eigenvalue weighted by Crippen LogP contribution is -2.18. The minimum absolute atomic E-state index is 0.356. The average Bonchev–Trinajstić information content (AvgIpc) is 2.93. The lowest BCUT2D eigenvalue weighted by Gasteiger charge is -1.99. The summed E-state index contributed by atoms with van der Waals surface area (Å²) in [4.78, 5) is 0. The van der Waals surface area contributed by atoms with Gasteiger partial charge in [0.1, 0.15) is 5.01 Å². The number of nitrogens with one attached hydrogen (secondary N) is 1. The molecule has 0 aliphatic heterocycles. The molecule has 17 heavy (non-hydrogen) atoms. The van der Waals surface area contributed by atoms with Gasteiger partial charge in [0.15, 0.2) is 16.0 Å². The predicted molar refractivity (Wildman–Crippen MR) is 66.2 cm³/mol. The summed E-state index contributed by atoms with van der Waals surface area (Å²) in [7, 11) is 1.67. The van der Waals surface area contributed by atoms with Gasteiger partial charge in [-0.25, -0.2) is 0 Å². The molecule has 0 atom stereocenters. The van der Waals surface area contributed by atoms with E-state index in [9.17, 15) is 0 Å². The first-order chi connectivity index (χ1) is 8.29. The van der Waals surface area contributed by atoms with Gasteiger partial charge in [-0.3, -0.25) is 0 Å². The van der Waals surface area contributed by atoms with Crippen molar-refractivity contribution >= 4 is 22.9 Å². The fourth-order valence-corrected chi connectivity index (χ4v) is 2.14. The molecular formula is C10H12ClN3O2S. The minimum atomic E-state index is 0.356. The number of aromatic nitrogens is 2. The summed E-state index contributed by atoms with van der Waals surface area (Å²) < 4.78 is 10.2. The molecule has 0 saturated carbocycles. The third kappa shape index (κ3) is 3.50. The Bertz CT molecular complexity index is 472. The van der Waals surface area contributed by atoms with Crippen molar-refractivity contribution in [3.63, 3.8) is 0 Å². The highest BCUT2D eigenvalue weighted by atomic mass is 35.5. The maximum absolute atomic E-state index is 5.70. The van der Waals surface area contributed by atoms with E-state index in [0.29, 0.717) is 24.1 Å². The molecule has 2 aromatic heterocycles. The van der Waals surface area contributed by atoms with Gasteiger partial charge in [-0.15, -0.1) is 10.2 Å². The van der Waals surface area contributed by atoms with Crippen LogP contribution in [0.5, 0.6) is 0 Å². The van der Waals surface area contributed by atoms with Crippen LogP contribution >= 0.6 is 22.9 Å². The topological polar surface area (TPSA) is 60.2 Å². The first-order valence-electron chi connectivity index (χ1n) is 5.07. The number of hydrogen-bond donors (Lipinski definition) is 1. The molecule has 5 nitrogen and oxygen atoms in total. The van der Waals surface area contributed by atoms with Crippen molar-refractivity contribution in [2.45, 2.75) is 6.54 Å². The SMILES string of the molecule is COCCNCc1nnc(-c2ccc(Cl)o2)s1. The zero-order valence-electron chi connectivity index (χ0n) is 9.27. The van der Waals surface area contributed by atoms with E-state index in [-0.39, 0.29) is 0 Å². The Morgan fingerprint density at radius 1 is 1.47 bits per heavy atom. The molecule has 0 aliphatic carbocycles. The van der Waals surface area contributed by atoms with Gasteiger partial charge in [0.25, 0.3) is 0 Å². The Labute approximate surface area is 108 Å². The van der Waals surface area contributed by atoms with Crippen molar-refractivity contribution < 1.29 is 9.15 Å². The second-order valence-electron chi connectivity index (χ2n) is 3.27. The summed E-state index contributed by atoms with van der Waals surface area (Å²) in [6.45, 7) is 2.15. The predicted octanol–water partition coefficient (Wildman–Crippen LogP) is 2.19. The van der Waals surface area contributed by atoms with E-state index in [4.69, 9.17) is 20.8 Å². The molecule has 0 radical (unpaired) electrons. The van der Waals surface area contributed by atoms with E-state index in [0.717, 1.165) is 16.6 Å². The van der Waals surface area contributed by atoms with E-state index >= 15 is 0 Å². The Kier molecular flexibility index (Phi) is 4.49. The molecule has 0 bridgehead atoms. The number of methoxy groups -OCH3 is 1. The maximum Gasteiger partial charge on any atom is 0.194 e. The molecule has 0 aliphatic rings. The number of hydrogen-bond acceptors (Lipinski definition) is 6. The molecule has 2 aromatic rings. The molecule has 7 heteroatoms. The quantitative estimate of drug-likeness (QED) is 0.818. The zero-order valence-corrected chi connectivity index (χ0v) is 10.8. The van der Waals surface area contributed by atoms with Gasteiger partial charge in [0.2, 0.25) is 0 Å². The molecule has 0 fully saturated rings. The molecular weight excluding hydrogens is 262 g/mol. The van der Waals surface area contributed by atoms with Crippen LogP contribution in [0.3, 0.4) is 0 Å². The van der Waals surface area contributed by atoms with Crippen LogP contribution in [0.2, 0.25) is 5.22 Å². The fraction of sp³-hybridized carbons (Fsp3) is 0.400. The van der Waals surface area contributed by atoms with E-state index in [1.807, 2.05) is 0 Å². The van der Waals surface area contributed by atoms with Crippen molar-refractivity contribution in [3.8, 4) is 10.8 Å². The summed E-state index contributed by atoms with van der Waals surface area (Å²) in [5, 5.41) is 13.3. The Morgan fingerprint density at radius 3 is 3.06 bits per heavy atom. The molecule has 0 amide bonds. The highest BCUT2D eigenvalue weighted by Gasteiger charge is 2.09. The minimum Gasteiger partial charge on any atom is -0.442 e. The highest BCUT2D eigenvalue weighted by molar-refractivity contribution is 7.14. The molecule has 1 N–H and O–H groups in total. The summed E-state index contributed by atoms with van der Waals surface area (Å²) in [6, 6.07) is 3.47. The van der Waals surface area contributed by atoms with Gasteiger partial charge >= 0.3 is 0 Å². The van der Waals surface area contributed by atoms with Crippen molar-refractivity contribution in [1.82, 2.24) is 15.5 Å². The normalized spacial score (nSPS) is 10.9. The third-order valence-corrected chi connectivity index (χ3v) is 3.15. The van der Waals surface area contributed by atoms with E-state index in [1.165, 1.54) is 11.3 Å². The van der Waals surface area contributed by atoms with E-state index < -0.39 is 0 Å². The monoisotopic (exact) mass is 273 g/mol. The molecule has 2 rings (SSSR count). The van der Waals surface area contributed by atoms with Crippen LogP contribution in [0.4, 0.5) is 0 Å². The Balaban J connectivity index is 1.92. The van der Waals surface area contributed by atoms with Crippen molar-refractivity contribution in [3.05, 3.63) is 22.4 Å². The van der Waals surface area contributed by atoms with Crippen LogP contribution in [-0.4, -0.2) is 30.5 Å². The third-order valence-electron chi connectivity index (χ3n) is 2.01. The van der Waals surface area contributed by atoms with E-state index in [1.54, 1.807) is 19.2 Å². The number of halogens is 1. The molecule has 0 saturated heterocycles. The summed E-state index contributed by atoms with van der Waals surface area (Å²) >= 11 is 7.18. The van der Waals surface area contributed by atoms with E-state index in [2.05, 4.69) is 15.5 Å². The van der Waals surface area contributed by atoms with Crippen LogP contribution in [0, 0.1) is 0 Å². The van der Waals surface area contributed by atoms with Crippen LogP contribution in [0.15, 0.2) is 16.5 Å².